The monoisotopic (exact) mass is 333 g/mol. The van der Waals surface area contributed by atoms with Crippen molar-refractivity contribution in [1.29, 1.82) is 0 Å². The van der Waals surface area contributed by atoms with Gasteiger partial charge < -0.3 is 15.4 Å². The molecule has 1 aromatic heterocycles. The van der Waals surface area contributed by atoms with Gasteiger partial charge in [0, 0.05) is 30.0 Å². The summed E-state index contributed by atoms with van der Waals surface area (Å²) >= 11 is 3.56. The second-order valence-electron chi connectivity index (χ2n) is 4.66. The second-order valence-corrected chi connectivity index (χ2v) is 5.58. The first-order valence-electron chi connectivity index (χ1n) is 6.59. The van der Waals surface area contributed by atoms with Crippen molar-refractivity contribution in [3.05, 3.63) is 45.9 Å². The molecule has 2 aromatic rings. The Balaban J connectivity index is 1.78. The van der Waals surface area contributed by atoms with Gasteiger partial charge in [-0.05, 0) is 29.8 Å². The lowest BCUT2D eigenvalue weighted by Gasteiger charge is -2.11. The van der Waals surface area contributed by atoms with Crippen molar-refractivity contribution >= 4 is 27.6 Å². The fourth-order valence-corrected chi connectivity index (χ4v) is 2.89. The molecule has 0 aliphatic carbocycles. The Kier molecular flexibility index (Phi) is 3.78. The van der Waals surface area contributed by atoms with Gasteiger partial charge in [0.1, 0.15) is 17.4 Å². The molecule has 104 valence electrons. The van der Waals surface area contributed by atoms with E-state index in [0.717, 1.165) is 40.4 Å². The first-order chi connectivity index (χ1) is 9.76. The van der Waals surface area contributed by atoms with Crippen molar-refractivity contribution in [2.24, 2.45) is 0 Å². The summed E-state index contributed by atoms with van der Waals surface area (Å²) in [4.78, 5) is 4.45. The van der Waals surface area contributed by atoms with Crippen molar-refractivity contribution in [1.82, 2.24) is 4.98 Å². The molecule has 0 amide bonds. The van der Waals surface area contributed by atoms with Crippen molar-refractivity contribution in [3.63, 3.8) is 0 Å². The largest absolute Gasteiger partial charge is 0.493 e. The molecule has 0 unspecified atom stereocenters. The van der Waals surface area contributed by atoms with Gasteiger partial charge in [-0.15, -0.1) is 0 Å². The van der Waals surface area contributed by atoms with Gasteiger partial charge in [0.05, 0.1) is 6.61 Å². The van der Waals surface area contributed by atoms with Crippen LogP contribution < -0.4 is 15.4 Å². The van der Waals surface area contributed by atoms with Crippen molar-refractivity contribution in [3.8, 4) is 5.75 Å². The molecule has 0 saturated heterocycles. The molecular formula is C15H16BrN3O. The van der Waals surface area contributed by atoms with E-state index < -0.39 is 0 Å². The lowest BCUT2D eigenvalue weighted by molar-refractivity contribution is 0.354. The second kappa shape index (κ2) is 5.71. The van der Waals surface area contributed by atoms with E-state index in [9.17, 15) is 0 Å². The van der Waals surface area contributed by atoms with Gasteiger partial charge in [0.2, 0.25) is 0 Å². The molecule has 0 bridgehead atoms. The number of halogens is 1. The lowest BCUT2D eigenvalue weighted by atomic mass is 10.1. The van der Waals surface area contributed by atoms with E-state index in [0.29, 0.717) is 6.54 Å². The minimum Gasteiger partial charge on any atom is -0.493 e. The van der Waals surface area contributed by atoms with Crippen LogP contribution in [0.1, 0.15) is 11.1 Å². The SMILES string of the molecule is CNc1cccc(NCc2cc(Br)cc3c2OCC3)n1. The molecule has 1 aromatic carbocycles. The number of rotatable bonds is 4. The number of anilines is 2. The highest BCUT2D eigenvalue weighted by atomic mass is 79.9. The van der Waals surface area contributed by atoms with Crippen LogP contribution >= 0.6 is 15.9 Å². The Morgan fingerprint density at radius 2 is 2.15 bits per heavy atom. The molecule has 0 saturated carbocycles. The third-order valence-electron chi connectivity index (χ3n) is 3.29. The van der Waals surface area contributed by atoms with Crippen LogP contribution in [-0.2, 0) is 13.0 Å². The highest BCUT2D eigenvalue weighted by Crippen LogP contribution is 2.33. The zero-order valence-corrected chi connectivity index (χ0v) is 12.8. The summed E-state index contributed by atoms with van der Waals surface area (Å²) in [5.74, 6) is 2.72. The molecule has 1 aliphatic rings. The van der Waals surface area contributed by atoms with Gasteiger partial charge >= 0.3 is 0 Å². The summed E-state index contributed by atoms with van der Waals surface area (Å²) in [6, 6.07) is 10.1. The topological polar surface area (TPSA) is 46.2 Å². The smallest absolute Gasteiger partial charge is 0.128 e. The average Bonchev–Trinajstić information content (AvgIpc) is 2.93. The highest BCUT2D eigenvalue weighted by Gasteiger charge is 2.17. The molecule has 5 heteroatoms. The fraction of sp³-hybridized carbons (Fsp3) is 0.267. The molecule has 1 aliphatic heterocycles. The average molecular weight is 334 g/mol. The molecule has 0 atom stereocenters. The number of aromatic nitrogens is 1. The Hall–Kier alpha value is -1.75. The summed E-state index contributed by atoms with van der Waals surface area (Å²) in [5, 5.41) is 6.37. The van der Waals surface area contributed by atoms with Gasteiger partial charge in [-0.25, -0.2) is 4.98 Å². The minimum absolute atomic E-state index is 0.696. The number of benzene rings is 1. The Labute approximate surface area is 126 Å². The van der Waals surface area contributed by atoms with E-state index in [4.69, 9.17) is 4.74 Å². The maximum Gasteiger partial charge on any atom is 0.128 e. The van der Waals surface area contributed by atoms with E-state index >= 15 is 0 Å². The highest BCUT2D eigenvalue weighted by molar-refractivity contribution is 9.10. The first-order valence-corrected chi connectivity index (χ1v) is 7.38. The fourth-order valence-electron chi connectivity index (χ4n) is 2.34. The van der Waals surface area contributed by atoms with Crippen LogP contribution in [-0.4, -0.2) is 18.6 Å². The van der Waals surface area contributed by atoms with E-state index in [2.05, 4.69) is 43.7 Å². The summed E-state index contributed by atoms with van der Waals surface area (Å²) in [6.07, 6.45) is 0.981. The maximum atomic E-state index is 5.72. The predicted octanol–water partition coefficient (Wildman–Crippen LogP) is 3.43. The number of nitrogens with one attached hydrogen (secondary N) is 2. The van der Waals surface area contributed by atoms with Crippen LogP contribution in [0.3, 0.4) is 0 Å². The van der Waals surface area contributed by atoms with Crippen LogP contribution in [0.2, 0.25) is 0 Å². The summed E-state index contributed by atoms with van der Waals surface area (Å²) in [5.41, 5.74) is 2.43. The first kappa shape index (κ1) is 13.2. The molecule has 2 N–H and O–H groups in total. The van der Waals surface area contributed by atoms with E-state index in [1.165, 1.54) is 5.56 Å². The maximum absolute atomic E-state index is 5.72. The van der Waals surface area contributed by atoms with Gasteiger partial charge in [-0.3, -0.25) is 0 Å². The summed E-state index contributed by atoms with van der Waals surface area (Å²) < 4.78 is 6.82. The Morgan fingerprint density at radius 3 is 3.00 bits per heavy atom. The molecule has 2 heterocycles. The van der Waals surface area contributed by atoms with E-state index in [-0.39, 0.29) is 0 Å². The number of hydrogen-bond donors (Lipinski definition) is 2. The van der Waals surface area contributed by atoms with Crippen molar-refractivity contribution in [2.75, 3.05) is 24.3 Å². The number of ether oxygens (including phenoxy) is 1. The van der Waals surface area contributed by atoms with Crippen LogP contribution in [0.25, 0.3) is 0 Å². The predicted molar refractivity (Wildman–Crippen MR) is 84.5 cm³/mol. The zero-order valence-electron chi connectivity index (χ0n) is 11.2. The number of fused-ring (bicyclic) bond motifs is 1. The van der Waals surface area contributed by atoms with E-state index in [1.54, 1.807) is 0 Å². The summed E-state index contributed by atoms with van der Waals surface area (Å²) in [7, 11) is 1.86. The van der Waals surface area contributed by atoms with Gasteiger partial charge in [0.25, 0.3) is 0 Å². The summed E-state index contributed by atoms with van der Waals surface area (Å²) in [6.45, 7) is 1.47. The Morgan fingerprint density at radius 1 is 1.30 bits per heavy atom. The third-order valence-corrected chi connectivity index (χ3v) is 3.75. The number of pyridine rings is 1. The van der Waals surface area contributed by atoms with Gasteiger partial charge in [-0.1, -0.05) is 22.0 Å². The number of nitrogens with zero attached hydrogens (tertiary/aromatic N) is 1. The molecule has 0 radical (unpaired) electrons. The van der Waals surface area contributed by atoms with Crippen LogP contribution in [0.15, 0.2) is 34.8 Å². The Bertz CT molecular complexity index is 631. The quantitative estimate of drug-likeness (QED) is 0.899. The molecule has 0 fully saturated rings. The zero-order chi connectivity index (χ0) is 13.9. The molecule has 4 nitrogen and oxygen atoms in total. The van der Waals surface area contributed by atoms with Crippen molar-refractivity contribution < 1.29 is 4.74 Å². The van der Waals surface area contributed by atoms with E-state index in [1.807, 2.05) is 25.2 Å². The van der Waals surface area contributed by atoms with Crippen LogP contribution in [0.5, 0.6) is 5.75 Å². The van der Waals surface area contributed by atoms with Crippen molar-refractivity contribution in [2.45, 2.75) is 13.0 Å². The molecule has 20 heavy (non-hydrogen) atoms. The van der Waals surface area contributed by atoms with Crippen LogP contribution in [0.4, 0.5) is 11.6 Å². The molecule has 3 rings (SSSR count). The molecular weight excluding hydrogens is 318 g/mol. The van der Waals surface area contributed by atoms with Gasteiger partial charge in [-0.2, -0.15) is 0 Å². The number of hydrogen-bond acceptors (Lipinski definition) is 4. The normalized spacial score (nSPS) is 12.7. The third kappa shape index (κ3) is 2.72. The standard InChI is InChI=1S/C15H16BrN3O/c1-17-13-3-2-4-14(19-13)18-9-11-8-12(16)7-10-5-6-20-15(10)11/h2-4,7-8H,5-6,9H2,1H3,(H2,17,18,19). The molecule has 0 spiro atoms. The minimum atomic E-state index is 0.696. The lowest BCUT2D eigenvalue weighted by Crippen LogP contribution is -2.04. The van der Waals surface area contributed by atoms with Crippen LogP contribution in [0, 0.1) is 0 Å². The van der Waals surface area contributed by atoms with Gasteiger partial charge in [0.15, 0.2) is 0 Å².